The van der Waals surface area contributed by atoms with Gasteiger partial charge in [-0.1, -0.05) is 29.8 Å². The number of hydrogen-bond acceptors (Lipinski definition) is 4. The van der Waals surface area contributed by atoms with Gasteiger partial charge in [-0.15, -0.1) is 0 Å². The Bertz CT molecular complexity index is 1250. The van der Waals surface area contributed by atoms with Crippen molar-refractivity contribution < 1.29 is 18.7 Å². The summed E-state index contributed by atoms with van der Waals surface area (Å²) in [5.74, 6) is -0.718. The molecule has 2 aromatic carbocycles. The van der Waals surface area contributed by atoms with E-state index in [1.54, 1.807) is 33.8 Å². The first-order valence-electron chi connectivity index (χ1n) is 11.9. The third-order valence-electron chi connectivity index (χ3n) is 5.98. The Hall–Kier alpha value is -3.39. The Kier molecular flexibility index (Phi) is 7.64. The zero-order chi connectivity index (χ0) is 25.9. The van der Waals surface area contributed by atoms with E-state index in [9.17, 15) is 14.0 Å². The highest BCUT2D eigenvalue weighted by atomic mass is 35.5. The van der Waals surface area contributed by atoms with E-state index in [4.69, 9.17) is 16.3 Å². The predicted octanol–water partition coefficient (Wildman–Crippen LogP) is 5.71. The second kappa shape index (κ2) is 10.7. The minimum Gasteiger partial charge on any atom is -0.444 e. The second-order valence-corrected chi connectivity index (χ2v) is 10.3. The molecule has 0 radical (unpaired) electrons. The van der Waals surface area contributed by atoms with E-state index >= 15 is 0 Å². The van der Waals surface area contributed by atoms with Gasteiger partial charge in [0, 0.05) is 30.6 Å². The van der Waals surface area contributed by atoms with Crippen LogP contribution in [0, 0.1) is 5.82 Å². The molecule has 0 saturated carbocycles. The van der Waals surface area contributed by atoms with Gasteiger partial charge in [0.15, 0.2) is 0 Å². The van der Waals surface area contributed by atoms with Crippen LogP contribution >= 0.6 is 11.6 Å². The van der Waals surface area contributed by atoms with Gasteiger partial charge in [-0.25, -0.2) is 13.9 Å². The Morgan fingerprint density at radius 2 is 1.86 bits per heavy atom. The molecule has 2 amide bonds. The minimum atomic E-state index is -0.571. The molecule has 0 bridgehead atoms. The van der Waals surface area contributed by atoms with Gasteiger partial charge in [-0.05, 0) is 69.5 Å². The molecule has 3 aromatic rings. The van der Waals surface area contributed by atoms with Crippen LogP contribution < -0.4 is 5.32 Å². The van der Waals surface area contributed by atoms with Crippen LogP contribution in [0.3, 0.4) is 0 Å². The van der Waals surface area contributed by atoms with Crippen molar-refractivity contribution in [3.05, 3.63) is 82.4 Å². The first-order chi connectivity index (χ1) is 17.1. The van der Waals surface area contributed by atoms with Crippen molar-refractivity contribution in [3.63, 3.8) is 0 Å². The monoisotopic (exact) mass is 512 g/mol. The number of aromatic nitrogens is 2. The average Bonchev–Trinajstić information content (AvgIpc) is 3.27. The second-order valence-electron chi connectivity index (χ2n) is 9.89. The molecular weight excluding hydrogens is 483 g/mol. The third-order valence-corrected chi connectivity index (χ3v) is 6.21. The normalized spacial score (nSPS) is 14.5. The standard InChI is InChI=1S/C27H30ClFN4O3/c1-27(2,3)36-26(35)32-12-10-19(11-13-32)24-23(17-31-33(24)22-9-5-8-21(29)15-22)25(34)30-16-18-6-4-7-20(28)14-18/h4-9,14-15,17,19H,10-13,16H2,1-3H3,(H,30,34). The fraction of sp³-hybridized carbons (Fsp3) is 0.370. The van der Waals surface area contributed by atoms with Crippen molar-refractivity contribution in [2.75, 3.05) is 13.1 Å². The summed E-state index contributed by atoms with van der Waals surface area (Å²) in [5.41, 5.74) is 1.97. The SMILES string of the molecule is CC(C)(C)OC(=O)N1CCC(c2c(C(=O)NCc3cccc(Cl)c3)cnn2-c2cccc(F)c2)CC1. The number of nitrogens with one attached hydrogen (secondary N) is 1. The zero-order valence-electron chi connectivity index (χ0n) is 20.6. The minimum absolute atomic E-state index is 0.0543. The lowest BCUT2D eigenvalue weighted by Crippen LogP contribution is -2.41. The van der Waals surface area contributed by atoms with Crippen molar-refractivity contribution in [1.29, 1.82) is 0 Å². The summed E-state index contributed by atoms with van der Waals surface area (Å²) in [7, 11) is 0. The molecule has 1 saturated heterocycles. The molecule has 0 atom stereocenters. The van der Waals surface area contributed by atoms with E-state index in [2.05, 4.69) is 10.4 Å². The van der Waals surface area contributed by atoms with Crippen molar-refractivity contribution in [2.45, 2.75) is 51.7 Å². The molecule has 1 fully saturated rings. The molecule has 0 aliphatic carbocycles. The average molecular weight is 513 g/mol. The van der Waals surface area contributed by atoms with E-state index in [1.807, 2.05) is 32.9 Å². The zero-order valence-corrected chi connectivity index (χ0v) is 21.4. The molecule has 1 aliphatic rings. The van der Waals surface area contributed by atoms with Crippen molar-refractivity contribution >= 4 is 23.6 Å². The van der Waals surface area contributed by atoms with E-state index in [1.165, 1.54) is 18.3 Å². The number of halogens is 2. The summed E-state index contributed by atoms with van der Waals surface area (Å²) < 4.78 is 21.2. The number of nitrogens with zero attached hydrogens (tertiary/aromatic N) is 3. The summed E-state index contributed by atoms with van der Waals surface area (Å²) in [4.78, 5) is 27.5. The highest BCUT2D eigenvalue weighted by molar-refractivity contribution is 6.30. The van der Waals surface area contributed by atoms with Crippen molar-refractivity contribution in [3.8, 4) is 5.69 Å². The van der Waals surface area contributed by atoms with Crippen molar-refractivity contribution in [2.24, 2.45) is 0 Å². The topological polar surface area (TPSA) is 76.5 Å². The van der Waals surface area contributed by atoms with Crippen LogP contribution in [0.2, 0.25) is 5.02 Å². The molecule has 1 aromatic heterocycles. The number of piperidine rings is 1. The molecule has 2 heterocycles. The van der Waals surface area contributed by atoms with Gasteiger partial charge in [0.05, 0.1) is 23.1 Å². The highest BCUT2D eigenvalue weighted by Gasteiger charge is 2.32. The Morgan fingerprint density at radius 3 is 2.53 bits per heavy atom. The summed E-state index contributed by atoms with van der Waals surface area (Å²) >= 11 is 6.06. The lowest BCUT2D eigenvalue weighted by atomic mass is 9.90. The molecule has 7 nitrogen and oxygen atoms in total. The van der Waals surface area contributed by atoms with Gasteiger partial charge < -0.3 is 15.0 Å². The first-order valence-corrected chi connectivity index (χ1v) is 12.3. The number of benzene rings is 2. The lowest BCUT2D eigenvalue weighted by Gasteiger charge is -2.34. The van der Waals surface area contributed by atoms with Crippen molar-refractivity contribution in [1.82, 2.24) is 20.0 Å². The Labute approximate surface area is 215 Å². The van der Waals surface area contributed by atoms with Gasteiger partial charge in [0.1, 0.15) is 11.4 Å². The Morgan fingerprint density at radius 1 is 1.14 bits per heavy atom. The number of carbonyl (C=O) groups excluding carboxylic acids is 2. The largest absolute Gasteiger partial charge is 0.444 e. The third kappa shape index (κ3) is 6.23. The van der Waals surface area contributed by atoms with Crippen LogP contribution in [0.25, 0.3) is 5.69 Å². The smallest absolute Gasteiger partial charge is 0.410 e. The van der Waals surface area contributed by atoms with Crippen LogP contribution in [0.1, 0.15) is 61.1 Å². The fourth-order valence-corrected chi connectivity index (χ4v) is 4.54. The fourth-order valence-electron chi connectivity index (χ4n) is 4.33. The molecule has 4 rings (SSSR count). The van der Waals surface area contributed by atoms with Crippen LogP contribution in [-0.2, 0) is 11.3 Å². The summed E-state index contributed by atoms with van der Waals surface area (Å²) in [6, 6.07) is 13.4. The molecule has 1 N–H and O–H groups in total. The van der Waals surface area contributed by atoms with Crippen LogP contribution in [0.5, 0.6) is 0 Å². The molecular formula is C27H30ClFN4O3. The van der Waals surface area contributed by atoms with E-state index < -0.39 is 5.60 Å². The number of likely N-dealkylation sites (tertiary alicyclic amines) is 1. The molecule has 36 heavy (non-hydrogen) atoms. The van der Waals surface area contributed by atoms with Gasteiger partial charge in [-0.2, -0.15) is 5.10 Å². The summed E-state index contributed by atoms with van der Waals surface area (Å²) in [6.07, 6.45) is 2.41. The van der Waals surface area contributed by atoms with Crippen LogP contribution in [0.15, 0.2) is 54.7 Å². The quantitative estimate of drug-likeness (QED) is 0.475. The maximum atomic E-state index is 14.0. The molecule has 0 unspecified atom stereocenters. The van der Waals surface area contributed by atoms with E-state index in [-0.39, 0.29) is 23.7 Å². The van der Waals surface area contributed by atoms with Gasteiger partial charge in [0.25, 0.3) is 5.91 Å². The number of rotatable bonds is 5. The Balaban J connectivity index is 1.57. The van der Waals surface area contributed by atoms with E-state index in [0.29, 0.717) is 54.4 Å². The molecule has 1 aliphatic heterocycles. The van der Waals surface area contributed by atoms with Crippen LogP contribution in [-0.4, -0.2) is 45.4 Å². The first kappa shape index (κ1) is 25.7. The van der Waals surface area contributed by atoms with Gasteiger partial charge >= 0.3 is 6.09 Å². The number of amides is 2. The number of ether oxygens (including phenoxy) is 1. The van der Waals surface area contributed by atoms with Crippen LogP contribution in [0.4, 0.5) is 9.18 Å². The lowest BCUT2D eigenvalue weighted by molar-refractivity contribution is 0.0203. The summed E-state index contributed by atoms with van der Waals surface area (Å²) in [5, 5.41) is 8.00. The van der Waals surface area contributed by atoms with Gasteiger partial charge in [0.2, 0.25) is 0 Å². The predicted molar refractivity (Wildman–Crippen MR) is 136 cm³/mol. The number of hydrogen-bond donors (Lipinski definition) is 1. The van der Waals surface area contributed by atoms with E-state index in [0.717, 1.165) is 5.56 Å². The van der Waals surface area contributed by atoms with Gasteiger partial charge in [-0.3, -0.25) is 4.79 Å². The maximum absolute atomic E-state index is 14.0. The highest BCUT2D eigenvalue weighted by Crippen LogP contribution is 2.33. The molecule has 9 heteroatoms. The summed E-state index contributed by atoms with van der Waals surface area (Å²) in [6.45, 7) is 6.78. The number of carbonyl (C=O) groups is 2. The maximum Gasteiger partial charge on any atom is 0.410 e. The molecule has 190 valence electrons. The molecule has 0 spiro atoms.